The van der Waals surface area contributed by atoms with Gasteiger partial charge >= 0.3 is 6.09 Å². The van der Waals surface area contributed by atoms with Crippen LogP contribution in [0.1, 0.15) is 27.2 Å². The standard InChI is InChI=1S/C6H13NO2/c1-4-6(2,3)7-5(8)9/h7H,4H2,1-3H3,(H,8,9). The zero-order chi connectivity index (χ0) is 7.49. The molecule has 0 atom stereocenters. The summed E-state index contributed by atoms with van der Waals surface area (Å²) < 4.78 is 0. The first-order valence-corrected chi connectivity index (χ1v) is 2.99. The third-order valence-corrected chi connectivity index (χ3v) is 1.33. The summed E-state index contributed by atoms with van der Waals surface area (Å²) >= 11 is 0. The number of amides is 1. The van der Waals surface area contributed by atoms with Crippen molar-refractivity contribution in [3.63, 3.8) is 0 Å². The van der Waals surface area contributed by atoms with Crippen LogP contribution in [0.15, 0.2) is 0 Å². The zero-order valence-corrected chi connectivity index (χ0v) is 6.06. The van der Waals surface area contributed by atoms with Gasteiger partial charge in [0.1, 0.15) is 0 Å². The zero-order valence-electron chi connectivity index (χ0n) is 6.06. The number of carbonyl (C=O) groups is 1. The van der Waals surface area contributed by atoms with E-state index in [9.17, 15) is 4.79 Å². The topological polar surface area (TPSA) is 49.3 Å². The highest BCUT2D eigenvalue weighted by molar-refractivity contribution is 5.65. The Bertz CT molecular complexity index is 110. The lowest BCUT2D eigenvalue weighted by Crippen LogP contribution is -2.41. The van der Waals surface area contributed by atoms with Crippen molar-refractivity contribution in [2.24, 2.45) is 0 Å². The van der Waals surface area contributed by atoms with Crippen LogP contribution in [0.5, 0.6) is 0 Å². The highest BCUT2D eigenvalue weighted by Crippen LogP contribution is 2.05. The molecule has 2 N–H and O–H groups in total. The summed E-state index contributed by atoms with van der Waals surface area (Å²) in [4.78, 5) is 10.1. The fraction of sp³-hybridized carbons (Fsp3) is 0.833. The smallest absolute Gasteiger partial charge is 0.405 e. The van der Waals surface area contributed by atoms with Crippen molar-refractivity contribution in [1.82, 2.24) is 5.32 Å². The van der Waals surface area contributed by atoms with E-state index in [1.165, 1.54) is 0 Å². The van der Waals surface area contributed by atoms with Gasteiger partial charge in [-0.25, -0.2) is 4.79 Å². The molecule has 0 aliphatic heterocycles. The van der Waals surface area contributed by atoms with E-state index in [-0.39, 0.29) is 5.54 Å². The van der Waals surface area contributed by atoms with Crippen LogP contribution in [-0.2, 0) is 0 Å². The lowest BCUT2D eigenvalue weighted by molar-refractivity contribution is 0.181. The van der Waals surface area contributed by atoms with Crippen molar-refractivity contribution >= 4 is 6.09 Å². The SMILES string of the molecule is CCC(C)(C)NC(=O)O. The average Bonchev–Trinajstić information content (AvgIpc) is 1.63. The summed E-state index contributed by atoms with van der Waals surface area (Å²) in [6.45, 7) is 5.64. The molecule has 3 heteroatoms. The van der Waals surface area contributed by atoms with Crippen LogP contribution in [-0.4, -0.2) is 16.7 Å². The molecular weight excluding hydrogens is 118 g/mol. The first-order valence-electron chi connectivity index (χ1n) is 2.99. The van der Waals surface area contributed by atoms with Crippen molar-refractivity contribution in [3.8, 4) is 0 Å². The molecule has 0 saturated carbocycles. The van der Waals surface area contributed by atoms with Gasteiger partial charge in [0, 0.05) is 5.54 Å². The Morgan fingerprint density at radius 1 is 1.67 bits per heavy atom. The molecule has 9 heavy (non-hydrogen) atoms. The van der Waals surface area contributed by atoms with Crippen molar-refractivity contribution < 1.29 is 9.90 Å². The van der Waals surface area contributed by atoms with Crippen molar-refractivity contribution in [2.75, 3.05) is 0 Å². The van der Waals surface area contributed by atoms with E-state index >= 15 is 0 Å². The van der Waals surface area contributed by atoms with Crippen LogP contribution in [0.4, 0.5) is 4.79 Å². The molecule has 3 nitrogen and oxygen atoms in total. The molecule has 0 heterocycles. The number of carboxylic acid groups (broad SMARTS) is 1. The van der Waals surface area contributed by atoms with E-state index in [1.807, 2.05) is 20.8 Å². The lowest BCUT2D eigenvalue weighted by Gasteiger charge is -2.21. The van der Waals surface area contributed by atoms with E-state index in [4.69, 9.17) is 5.11 Å². The third kappa shape index (κ3) is 3.82. The maximum absolute atomic E-state index is 10.1. The average molecular weight is 131 g/mol. The monoisotopic (exact) mass is 131 g/mol. The highest BCUT2D eigenvalue weighted by atomic mass is 16.4. The van der Waals surface area contributed by atoms with Gasteiger partial charge in [-0.05, 0) is 20.3 Å². The second-order valence-corrected chi connectivity index (χ2v) is 2.67. The van der Waals surface area contributed by atoms with Crippen LogP contribution < -0.4 is 5.32 Å². The Morgan fingerprint density at radius 2 is 2.11 bits per heavy atom. The fourth-order valence-corrected chi connectivity index (χ4v) is 0.378. The maximum Gasteiger partial charge on any atom is 0.405 e. The molecule has 0 radical (unpaired) electrons. The molecule has 0 aromatic rings. The summed E-state index contributed by atoms with van der Waals surface area (Å²) in [5.41, 5.74) is -0.286. The van der Waals surface area contributed by atoms with Crippen LogP contribution in [0, 0.1) is 0 Å². The fourth-order valence-electron chi connectivity index (χ4n) is 0.378. The first-order chi connectivity index (χ1) is 3.98. The summed E-state index contributed by atoms with van der Waals surface area (Å²) in [5, 5.41) is 10.7. The molecule has 0 saturated heterocycles. The van der Waals surface area contributed by atoms with E-state index in [1.54, 1.807) is 0 Å². The number of rotatable bonds is 2. The van der Waals surface area contributed by atoms with Crippen molar-refractivity contribution in [1.29, 1.82) is 0 Å². The molecule has 0 aromatic carbocycles. The van der Waals surface area contributed by atoms with Gasteiger partial charge in [-0.1, -0.05) is 6.92 Å². The second-order valence-electron chi connectivity index (χ2n) is 2.67. The summed E-state index contributed by atoms with van der Waals surface area (Å²) in [7, 11) is 0. The van der Waals surface area contributed by atoms with Gasteiger partial charge in [-0.2, -0.15) is 0 Å². The van der Waals surface area contributed by atoms with Gasteiger partial charge in [0.25, 0.3) is 0 Å². The highest BCUT2D eigenvalue weighted by Gasteiger charge is 2.16. The minimum Gasteiger partial charge on any atom is -0.465 e. The Hall–Kier alpha value is -0.730. The summed E-state index contributed by atoms with van der Waals surface area (Å²) in [5.74, 6) is 0. The largest absolute Gasteiger partial charge is 0.465 e. The Morgan fingerprint density at radius 3 is 2.22 bits per heavy atom. The third-order valence-electron chi connectivity index (χ3n) is 1.33. The molecule has 1 amide bonds. The van der Waals surface area contributed by atoms with Gasteiger partial charge in [-0.15, -0.1) is 0 Å². The number of nitrogens with one attached hydrogen (secondary N) is 1. The Kier molecular flexibility index (Phi) is 2.49. The predicted octanol–water partition coefficient (Wildman–Crippen LogP) is 1.44. The molecule has 0 unspecified atom stereocenters. The maximum atomic E-state index is 10.1. The summed E-state index contributed by atoms with van der Waals surface area (Å²) in [6.07, 6.45) is -0.152. The van der Waals surface area contributed by atoms with Crippen LogP contribution in [0.3, 0.4) is 0 Å². The first kappa shape index (κ1) is 8.27. The van der Waals surface area contributed by atoms with Gasteiger partial charge in [0.05, 0.1) is 0 Å². The second kappa shape index (κ2) is 2.71. The van der Waals surface area contributed by atoms with E-state index in [0.29, 0.717) is 0 Å². The van der Waals surface area contributed by atoms with Crippen LogP contribution in [0.2, 0.25) is 0 Å². The predicted molar refractivity (Wildman–Crippen MR) is 35.5 cm³/mol. The molecule has 0 aliphatic carbocycles. The molecule has 0 bridgehead atoms. The molecule has 0 spiro atoms. The van der Waals surface area contributed by atoms with Gasteiger partial charge in [-0.3, -0.25) is 0 Å². The van der Waals surface area contributed by atoms with Gasteiger partial charge in [0.15, 0.2) is 0 Å². The van der Waals surface area contributed by atoms with Crippen molar-refractivity contribution in [3.05, 3.63) is 0 Å². The lowest BCUT2D eigenvalue weighted by atomic mass is 10.0. The van der Waals surface area contributed by atoms with Crippen LogP contribution in [0.25, 0.3) is 0 Å². The van der Waals surface area contributed by atoms with E-state index in [2.05, 4.69) is 5.32 Å². The molecular formula is C6H13NO2. The van der Waals surface area contributed by atoms with Gasteiger partial charge < -0.3 is 10.4 Å². The number of hydrogen-bond donors (Lipinski definition) is 2. The van der Waals surface area contributed by atoms with Crippen molar-refractivity contribution in [2.45, 2.75) is 32.7 Å². The minimum atomic E-state index is -0.957. The molecule has 0 aliphatic rings. The molecule has 0 fully saturated rings. The minimum absolute atomic E-state index is 0.286. The van der Waals surface area contributed by atoms with E-state index in [0.717, 1.165) is 6.42 Å². The van der Waals surface area contributed by atoms with Gasteiger partial charge in [0.2, 0.25) is 0 Å². The molecule has 0 aromatic heterocycles. The Balaban J connectivity index is 3.71. The quantitative estimate of drug-likeness (QED) is 0.595. The van der Waals surface area contributed by atoms with Crippen LogP contribution >= 0.6 is 0 Å². The normalized spacial score (nSPS) is 11.0. The summed E-state index contributed by atoms with van der Waals surface area (Å²) in [6, 6.07) is 0. The number of hydrogen-bond acceptors (Lipinski definition) is 1. The van der Waals surface area contributed by atoms with E-state index < -0.39 is 6.09 Å². The molecule has 0 rings (SSSR count). The molecule has 54 valence electrons. The Labute approximate surface area is 55.1 Å².